The van der Waals surface area contributed by atoms with Gasteiger partial charge in [-0.15, -0.1) is 0 Å². The Bertz CT molecular complexity index is 815. The van der Waals surface area contributed by atoms with E-state index in [1.165, 1.54) is 0 Å². The first kappa shape index (κ1) is 15.7. The van der Waals surface area contributed by atoms with Gasteiger partial charge in [0.25, 0.3) is 5.91 Å². The third kappa shape index (κ3) is 3.78. The van der Waals surface area contributed by atoms with Gasteiger partial charge in [-0.3, -0.25) is 9.48 Å². The van der Waals surface area contributed by atoms with Crippen LogP contribution in [0.4, 0.5) is 0 Å². The summed E-state index contributed by atoms with van der Waals surface area (Å²) < 4.78 is 7.50. The largest absolute Gasteiger partial charge is 0.439 e. The average molecular weight is 322 g/mol. The molecule has 0 radical (unpaired) electrons. The molecule has 1 amide bonds. The summed E-state index contributed by atoms with van der Waals surface area (Å²) in [6.45, 7) is 3.01. The van der Waals surface area contributed by atoms with Crippen LogP contribution in [0.1, 0.15) is 23.0 Å². The highest BCUT2D eigenvalue weighted by atomic mass is 16.5. The van der Waals surface area contributed by atoms with Gasteiger partial charge in [0.05, 0.1) is 0 Å². The maximum atomic E-state index is 12.2. The predicted molar refractivity (Wildman–Crippen MR) is 89.8 cm³/mol. The molecule has 3 aromatic rings. The van der Waals surface area contributed by atoms with Gasteiger partial charge < -0.3 is 10.1 Å². The topological polar surface area (TPSA) is 69.0 Å². The molecule has 1 N–H and O–H groups in total. The Labute approximate surface area is 140 Å². The number of rotatable bonds is 6. The second kappa shape index (κ2) is 7.41. The second-order valence-corrected chi connectivity index (χ2v) is 5.12. The zero-order chi connectivity index (χ0) is 16.8. The van der Waals surface area contributed by atoms with Gasteiger partial charge in [0.1, 0.15) is 11.4 Å². The fraction of sp³-hybridized carbons (Fsp3) is 0.167. The second-order valence-electron chi connectivity index (χ2n) is 5.12. The lowest BCUT2D eigenvalue weighted by molar-refractivity contribution is 0.0945. The third-order valence-electron chi connectivity index (χ3n) is 3.44. The van der Waals surface area contributed by atoms with Crippen molar-refractivity contribution >= 4 is 5.91 Å². The van der Waals surface area contributed by atoms with Gasteiger partial charge >= 0.3 is 0 Å². The van der Waals surface area contributed by atoms with Crippen molar-refractivity contribution in [3.05, 3.63) is 72.2 Å². The van der Waals surface area contributed by atoms with Gasteiger partial charge in [-0.1, -0.05) is 24.3 Å². The van der Waals surface area contributed by atoms with Crippen LogP contribution in [0.15, 0.2) is 60.9 Å². The van der Waals surface area contributed by atoms with Crippen LogP contribution >= 0.6 is 0 Å². The van der Waals surface area contributed by atoms with E-state index in [-0.39, 0.29) is 5.91 Å². The van der Waals surface area contributed by atoms with Crippen LogP contribution in [-0.4, -0.2) is 20.7 Å². The van der Waals surface area contributed by atoms with E-state index in [9.17, 15) is 4.79 Å². The highest BCUT2D eigenvalue weighted by molar-refractivity contribution is 5.92. The number of benzene rings is 1. The van der Waals surface area contributed by atoms with E-state index in [0.29, 0.717) is 23.9 Å². The van der Waals surface area contributed by atoms with E-state index < -0.39 is 0 Å². The maximum absolute atomic E-state index is 12.2. The van der Waals surface area contributed by atoms with Gasteiger partial charge in [0.2, 0.25) is 5.88 Å². The van der Waals surface area contributed by atoms with Gasteiger partial charge in [0, 0.05) is 31.0 Å². The fourth-order valence-corrected chi connectivity index (χ4v) is 2.18. The van der Waals surface area contributed by atoms with Crippen molar-refractivity contribution in [1.82, 2.24) is 20.1 Å². The highest BCUT2D eigenvalue weighted by Crippen LogP contribution is 2.22. The summed E-state index contributed by atoms with van der Waals surface area (Å²) in [6, 6.07) is 14.8. The fourth-order valence-electron chi connectivity index (χ4n) is 2.18. The van der Waals surface area contributed by atoms with Gasteiger partial charge in [-0.05, 0) is 31.2 Å². The molecule has 0 saturated carbocycles. The minimum atomic E-state index is -0.225. The number of carbonyl (C=O) groups is 1. The standard InChI is InChI=1S/C18H18N4O2/c1-2-22-12-10-16(21-22)17(23)20-13-14-7-6-11-19-18(14)24-15-8-4-3-5-9-15/h3-12H,2,13H2,1H3,(H,20,23). The zero-order valence-corrected chi connectivity index (χ0v) is 13.3. The molecule has 2 heterocycles. The lowest BCUT2D eigenvalue weighted by Gasteiger charge is -2.10. The molecule has 0 aliphatic rings. The number of ether oxygens (including phenoxy) is 1. The molecule has 3 rings (SSSR count). The predicted octanol–water partition coefficient (Wildman–Crippen LogP) is 3.02. The van der Waals surface area contributed by atoms with E-state index in [1.54, 1.807) is 23.1 Å². The molecule has 0 fully saturated rings. The van der Waals surface area contributed by atoms with Crippen molar-refractivity contribution in [2.75, 3.05) is 0 Å². The Morgan fingerprint density at radius 2 is 2.00 bits per heavy atom. The first-order chi connectivity index (χ1) is 11.8. The number of aromatic nitrogens is 3. The average Bonchev–Trinajstić information content (AvgIpc) is 3.11. The Balaban J connectivity index is 1.68. The quantitative estimate of drug-likeness (QED) is 0.757. The summed E-state index contributed by atoms with van der Waals surface area (Å²) in [5.41, 5.74) is 1.19. The molecule has 0 aliphatic heterocycles. The first-order valence-corrected chi connectivity index (χ1v) is 7.74. The lowest BCUT2D eigenvalue weighted by atomic mass is 10.2. The zero-order valence-electron chi connectivity index (χ0n) is 13.3. The summed E-state index contributed by atoms with van der Waals surface area (Å²) >= 11 is 0. The molecular formula is C18H18N4O2. The smallest absolute Gasteiger partial charge is 0.272 e. The minimum absolute atomic E-state index is 0.225. The monoisotopic (exact) mass is 322 g/mol. The summed E-state index contributed by atoms with van der Waals surface area (Å²) in [7, 11) is 0. The van der Waals surface area contributed by atoms with E-state index in [1.807, 2.05) is 49.4 Å². The number of para-hydroxylation sites is 1. The Morgan fingerprint density at radius 3 is 2.75 bits per heavy atom. The number of hydrogen-bond donors (Lipinski definition) is 1. The van der Waals surface area contributed by atoms with E-state index >= 15 is 0 Å². The maximum Gasteiger partial charge on any atom is 0.272 e. The van der Waals surface area contributed by atoms with Crippen molar-refractivity contribution in [3.63, 3.8) is 0 Å². The number of nitrogens with zero attached hydrogens (tertiary/aromatic N) is 3. The summed E-state index contributed by atoms with van der Waals surface area (Å²) in [5.74, 6) is 0.949. The number of aryl methyl sites for hydroxylation is 1. The SMILES string of the molecule is CCn1ccc(C(=O)NCc2cccnc2Oc2ccccc2)n1. The van der Waals surface area contributed by atoms with Gasteiger partial charge in [0.15, 0.2) is 0 Å². The van der Waals surface area contributed by atoms with Crippen LogP contribution in [-0.2, 0) is 13.1 Å². The molecule has 0 saturated heterocycles. The normalized spacial score (nSPS) is 10.4. The van der Waals surface area contributed by atoms with Crippen LogP contribution in [0.3, 0.4) is 0 Å². The third-order valence-corrected chi connectivity index (χ3v) is 3.44. The van der Waals surface area contributed by atoms with Crippen LogP contribution in [0.2, 0.25) is 0 Å². The lowest BCUT2D eigenvalue weighted by Crippen LogP contribution is -2.23. The van der Waals surface area contributed by atoms with Crippen LogP contribution in [0.5, 0.6) is 11.6 Å². The van der Waals surface area contributed by atoms with Crippen molar-refractivity contribution in [3.8, 4) is 11.6 Å². The highest BCUT2D eigenvalue weighted by Gasteiger charge is 2.11. The van der Waals surface area contributed by atoms with Crippen molar-refractivity contribution in [2.24, 2.45) is 0 Å². The molecule has 6 nitrogen and oxygen atoms in total. The number of hydrogen-bond acceptors (Lipinski definition) is 4. The van der Waals surface area contributed by atoms with Gasteiger partial charge in [-0.2, -0.15) is 5.10 Å². The number of pyridine rings is 1. The summed E-state index contributed by atoms with van der Waals surface area (Å²) in [4.78, 5) is 16.4. The van der Waals surface area contributed by atoms with Crippen LogP contribution < -0.4 is 10.1 Å². The molecule has 6 heteroatoms. The molecule has 0 spiro atoms. The molecule has 0 unspecified atom stereocenters. The molecule has 0 atom stereocenters. The minimum Gasteiger partial charge on any atom is -0.439 e. The summed E-state index contributed by atoms with van der Waals surface area (Å²) in [6.07, 6.45) is 3.44. The molecule has 122 valence electrons. The molecule has 0 bridgehead atoms. The first-order valence-electron chi connectivity index (χ1n) is 7.74. The van der Waals surface area contributed by atoms with E-state index in [2.05, 4.69) is 15.4 Å². The number of amides is 1. The van der Waals surface area contributed by atoms with Gasteiger partial charge in [-0.25, -0.2) is 4.98 Å². The van der Waals surface area contributed by atoms with E-state index in [4.69, 9.17) is 4.74 Å². The molecule has 2 aromatic heterocycles. The molecule has 0 aliphatic carbocycles. The van der Waals surface area contributed by atoms with Crippen molar-refractivity contribution < 1.29 is 9.53 Å². The number of carbonyl (C=O) groups excluding carboxylic acids is 1. The molecule has 24 heavy (non-hydrogen) atoms. The number of nitrogens with one attached hydrogen (secondary N) is 1. The molecular weight excluding hydrogens is 304 g/mol. The van der Waals surface area contributed by atoms with Crippen LogP contribution in [0.25, 0.3) is 0 Å². The summed E-state index contributed by atoms with van der Waals surface area (Å²) in [5, 5.41) is 7.03. The van der Waals surface area contributed by atoms with Crippen molar-refractivity contribution in [1.29, 1.82) is 0 Å². The molecule has 1 aromatic carbocycles. The van der Waals surface area contributed by atoms with E-state index in [0.717, 1.165) is 12.1 Å². The van der Waals surface area contributed by atoms with Crippen molar-refractivity contribution in [2.45, 2.75) is 20.0 Å². The Kier molecular flexibility index (Phi) is 4.86. The van der Waals surface area contributed by atoms with Crippen LogP contribution in [0, 0.1) is 0 Å². The Hall–Kier alpha value is -3.15. The Morgan fingerprint density at radius 1 is 1.17 bits per heavy atom.